The van der Waals surface area contributed by atoms with Gasteiger partial charge in [-0.25, -0.2) is 22.8 Å². The lowest BCUT2D eigenvalue weighted by Crippen LogP contribution is -2.16. The van der Waals surface area contributed by atoms with Crippen molar-refractivity contribution in [2.24, 2.45) is 0 Å². The fourth-order valence-electron chi connectivity index (χ4n) is 3.25. The minimum atomic E-state index is -3.99. The predicted octanol–water partition coefficient (Wildman–Crippen LogP) is 3.86. The monoisotopic (exact) mass is 468 g/mol. The summed E-state index contributed by atoms with van der Waals surface area (Å²) in [6.45, 7) is -0.105. The first-order valence-electron chi connectivity index (χ1n) is 10.00. The molecule has 1 heterocycles. The highest BCUT2D eigenvalue weighted by atomic mass is 32.2. The number of anilines is 3. The molecule has 0 unspecified atom stereocenters. The third-order valence-electron chi connectivity index (χ3n) is 4.88. The number of sulfonamides is 1. The van der Waals surface area contributed by atoms with Gasteiger partial charge in [0, 0.05) is 18.4 Å². The number of nitrogens with one attached hydrogen (secondary N) is 2. The van der Waals surface area contributed by atoms with Crippen LogP contribution < -0.4 is 14.8 Å². The van der Waals surface area contributed by atoms with Gasteiger partial charge in [-0.1, -0.05) is 30.3 Å². The molecule has 0 aliphatic heterocycles. The zero-order chi connectivity index (χ0) is 23.4. The van der Waals surface area contributed by atoms with E-state index in [4.69, 9.17) is 4.74 Å². The largest absolute Gasteiger partial charge is 0.497 e. The topological polar surface area (TPSA) is 113 Å². The molecule has 170 valence electrons. The van der Waals surface area contributed by atoms with E-state index in [1.54, 1.807) is 36.4 Å². The fourth-order valence-corrected chi connectivity index (χ4v) is 4.28. The van der Waals surface area contributed by atoms with E-state index in [9.17, 15) is 17.9 Å². The smallest absolute Gasteiger partial charge is 0.263 e. The van der Waals surface area contributed by atoms with E-state index >= 15 is 0 Å². The zero-order valence-electron chi connectivity index (χ0n) is 17.6. The number of rotatable bonds is 8. The zero-order valence-corrected chi connectivity index (χ0v) is 18.4. The van der Waals surface area contributed by atoms with E-state index < -0.39 is 15.8 Å². The lowest BCUT2D eigenvalue weighted by atomic mass is 10.1. The summed E-state index contributed by atoms with van der Waals surface area (Å²) in [5.74, 6) is -0.165. The Balaban J connectivity index is 1.84. The Kier molecular flexibility index (Phi) is 6.38. The fraction of sp³-hybridized carbons (Fsp3) is 0.130. The van der Waals surface area contributed by atoms with Gasteiger partial charge in [-0.3, -0.25) is 4.72 Å². The van der Waals surface area contributed by atoms with E-state index in [1.165, 1.54) is 37.4 Å². The number of benzene rings is 3. The molecule has 3 N–H and O–H groups in total. The van der Waals surface area contributed by atoms with Crippen LogP contribution in [0.2, 0.25) is 0 Å². The van der Waals surface area contributed by atoms with Crippen LogP contribution in [0.1, 0.15) is 5.56 Å². The first kappa shape index (κ1) is 22.4. The van der Waals surface area contributed by atoms with Gasteiger partial charge in [-0.15, -0.1) is 0 Å². The Bertz CT molecular complexity index is 1400. The van der Waals surface area contributed by atoms with E-state index in [-0.39, 0.29) is 34.2 Å². The van der Waals surface area contributed by atoms with Gasteiger partial charge in [0.2, 0.25) is 0 Å². The number of aromatic nitrogens is 2. The SMILES string of the molecule is COc1ccc(CCO)c(Nc2nc3c(F)cccc3nc2NS(=O)(=O)c2ccccc2)c1. The number of halogens is 1. The quantitative estimate of drug-likeness (QED) is 0.360. The Morgan fingerprint density at radius 1 is 1.00 bits per heavy atom. The minimum Gasteiger partial charge on any atom is -0.497 e. The van der Waals surface area contributed by atoms with Gasteiger partial charge >= 0.3 is 0 Å². The number of methoxy groups -OCH3 is 1. The van der Waals surface area contributed by atoms with E-state index in [2.05, 4.69) is 20.0 Å². The molecule has 0 radical (unpaired) electrons. The van der Waals surface area contributed by atoms with Crippen LogP contribution in [-0.2, 0) is 16.4 Å². The second-order valence-corrected chi connectivity index (χ2v) is 8.75. The van der Waals surface area contributed by atoms with Crippen molar-refractivity contribution in [1.29, 1.82) is 0 Å². The average molecular weight is 469 g/mol. The molecule has 0 saturated heterocycles. The molecule has 8 nitrogen and oxygen atoms in total. The maximum atomic E-state index is 14.4. The van der Waals surface area contributed by atoms with Crippen molar-refractivity contribution in [3.05, 3.63) is 78.1 Å². The first-order valence-corrected chi connectivity index (χ1v) is 11.5. The van der Waals surface area contributed by atoms with Gasteiger partial charge in [-0.05, 0) is 42.3 Å². The number of fused-ring (bicyclic) bond motifs is 1. The molecular formula is C23H21FN4O4S. The Morgan fingerprint density at radius 3 is 2.52 bits per heavy atom. The maximum Gasteiger partial charge on any atom is 0.263 e. The van der Waals surface area contributed by atoms with Gasteiger partial charge in [0.25, 0.3) is 10.0 Å². The van der Waals surface area contributed by atoms with Crippen LogP contribution in [0, 0.1) is 5.82 Å². The lowest BCUT2D eigenvalue weighted by Gasteiger charge is -2.16. The molecule has 4 rings (SSSR count). The molecular weight excluding hydrogens is 447 g/mol. The second-order valence-electron chi connectivity index (χ2n) is 7.07. The number of ether oxygens (including phenoxy) is 1. The summed E-state index contributed by atoms with van der Waals surface area (Å²) < 4.78 is 48.0. The molecule has 0 fully saturated rings. The van der Waals surface area contributed by atoms with Crippen molar-refractivity contribution < 1.29 is 22.7 Å². The van der Waals surface area contributed by atoms with E-state index in [1.807, 2.05) is 0 Å². The lowest BCUT2D eigenvalue weighted by molar-refractivity contribution is 0.299. The predicted molar refractivity (Wildman–Crippen MR) is 124 cm³/mol. The molecule has 0 spiro atoms. The summed E-state index contributed by atoms with van der Waals surface area (Å²) in [5.41, 5.74) is 1.40. The summed E-state index contributed by atoms with van der Waals surface area (Å²) in [6, 6.07) is 17.2. The van der Waals surface area contributed by atoms with Crippen LogP contribution >= 0.6 is 0 Å². The molecule has 33 heavy (non-hydrogen) atoms. The summed E-state index contributed by atoms with van der Waals surface area (Å²) in [7, 11) is -2.48. The summed E-state index contributed by atoms with van der Waals surface area (Å²) >= 11 is 0. The maximum absolute atomic E-state index is 14.4. The molecule has 0 saturated carbocycles. The Morgan fingerprint density at radius 2 is 1.79 bits per heavy atom. The normalized spacial score (nSPS) is 11.4. The average Bonchev–Trinajstić information content (AvgIpc) is 2.81. The number of aliphatic hydroxyl groups excluding tert-OH is 1. The van der Waals surface area contributed by atoms with Gasteiger partial charge < -0.3 is 15.2 Å². The highest BCUT2D eigenvalue weighted by Gasteiger charge is 2.20. The minimum absolute atomic E-state index is 0.000418. The number of aliphatic hydroxyl groups is 1. The Hall–Kier alpha value is -3.76. The van der Waals surface area contributed by atoms with Gasteiger partial charge in [-0.2, -0.15) is 0 Å². The molecule has 0 bridgehead atoms. The molecule has 4 aromatic rings. The third kappa shape index (κ3) is 4.86. The number of hydrogen-bond donors (Lipinski definition) is 3. The molecule has 10 heteroatoms. The highest BCUT2D eigenvalue weighted by Crippen LogP contribution is 2.31. The summed E-state index contributed by atoms with van der Waals surface area (Å²) in [5, 5.41) is 12.5. The van der Waals surface area contributed by atoms with Crippen LogP contribution in [0.3, 0.4) is 0 Å². The van der Waals surface area contributed by atoms with Gasteiger partial charge in [0.05, 0.1) is 17.5 Å². The molecule has 0 amide bonds. The standard InChI is InChI=1S/C23H21FN4O4S/c1-32-16-11-10-15(12-13-29)20(14-16)26-22-23(25-19-9-5-8-18(24)21(19)27-22)28-33(30,31)17-6-3-2-4-7-17/h2-11,14,29H,12-13H2,1H3,(H,25,28)(H,26,27). The van der Waals surface area contributed by atoms with Crippen molar-refractivity contribution in [3.63, 3.8) is 0 Å². The van der Waals surface area contributed by atoms with Gasteiger partial charge in [0.1, 0.15) is 11.3 Å². The van der Waals surface area contributed by atoms with Crippen LogP contribution in [0.4, 0.5) is 21.7 Å². The van der Waals surface area contributed by atoms with Crippen molar-refractivity contribution in [3.8, 4) is 5.75 Å². The first-order chi connectivity index (χ1) is 15.9. The van der Waals surface area contributed by atoms with Crippen LogP contribution in [0.15, 0.2) is 71.6 Å². The number of para-hydroxylation sites is 1. The van der Waals surface area contributed by atoms with E-state index in [0.717, 1.165) is 5.56 Å². The van der Waals surface area contributed by atoms with Crippen molar-refractivity contribution >= 4 is 38.4 Å². The third-order valence-corrected chi connectivity index (χ3v) is 6.24. The molecule has 0 aliphatic carbocycles. The molecule has 0 aliphatic rings. The summed E-state index contributed by atoms with van der Waals surface area (Å²) in [4.78, 5) is 8.69. The highest BCUT2D eigenvalue weighted by molar-refractivity contribution is 7.92. The van der Waals surface area contributed by atoms with Crippen LogP contribution in [0.25, 0.3) is 11.0 Å². The van der Waals surface area contributed by atoms with Crippen molar-refractivity contribution in [2.75, 3.05) is 23.8 Å². The van der Waals surface area contributed by atoms with Crippen LogP contribution in [-0.4, -0.2) is 37.2 Å². The number of hydrogen-bond acceptors (Lipinski definition) is 7. The van der Waals surface area contributed by atoms with E-state index in [0.29, 0.717) is 17.9 Å². The van der Waals surface area contributed by atoms with Crippen LogP contribution in [0.5, 0.6) is 5.75 Å². The molecule has 0 atom stereocenters. The Labute approximate surface area is 190 Å². The van der Waals surface area contributed by atoms with Crippen molar-refractivity contribution in [1.82, 2.24) is 9.97 Å². The molecule has 1 aromatic heterocycles. The summed E-state index contributed by atoms with van der Waals surface area (Å²) in [6.07, 6.45) is 0.326. The van der Waals surface area contributed by atoms with Gasteiger partial charge in [0.15, 0.2) is 17.5 Å². The van der Waals surface area contributed by atoms with Crippen molar-refractivity contribution in [2.45, 2.75) is 11.3 Å². The molecule has 3 aromatic carbocycles. The number of nitrogens with zero attached hydrogens (tertiary/aromatic N) is 2. The second kappa shape index (κ2) is 9.39.